The summed E-state index contributed by atoms with van der Waals surface area (Å²) in [4.78, 5) is 0. The molecule has 0 saturated heterocycles. The fourth-order valence-corrected chi connectivity index (χ4v) is 2.33. The number of hydrogen-bond donors (Lipinski definition) is 0. The number of rotatable bonds is 2. The van der Waals surface area contributed by atoms with Gasteiger partial charge in [0.25, 0.3) is 0 Å². The molecule has 72 valence electrons. The molecule has 0 radical (unpaired) electrons. The second-order valence-electron chi connectivity index (χ2n) is 4.19. The van der Waals surface area contributed by atoms with E-state index in [4.69, 9.17) is 11.6 Å². The van der Waals surface area contributed by atoms with Crippen molar-refractivity contribution in [2.24, 2.45) is 11.3 Å². The van der Waals surface area contributed by atoms with Crippen molar-refractivity contribution in [2.75, 3.05) is 0 Å². The summed E-state index contributed by atoms with van der Waals surface area (Å²) in [6.45, 7) is 4.18. The van der Waals surface area contributed by atoms with Crippen LogP contribution in [0.25, 0.3) is 0 Å². The van der Waals surface area contributed by atoms with Crippen LogP contribution in [-0.2, 0) is 0 Å². The van der Waals surface area contributed by atoms with Crippen molar-refractivity contribution in [3.8, 4) is 6.07 Å². The highest BCUT2D eigenvalue weighted by Gasteiger charge is 2.40. The van der Waals surface area contributed by atoms with Gasteiger partial charge in [-0.3, -0.25) is 0 Å². The van der Waals surface area contributed by atoms with Crippen LogP contribution in [0, 0.1) is 22.7 Å². The van der Waals surface area contributed by atoms with Crippen molar-refractivity contribution in [3.05, 3.63) is 11.1 Å². The molecular formula is C11H16ClN. The van der Waals surface area contributed by atoms with Gasteiger partial charge in [-0.2, -0.15) is 5.26 Å². The van der Waals surface area contributed by atoms with Gasteiger partial charge in [0.2, 0.25) is 0 Å². The molecule has 0 aromatic rings. The maximum absolute atomic E-state index is 9.21. The smallest absolute Gasteiger partial charge is 0.0695 e. The summed E-state index contributed by atoms with van der Waals surface area (Å²) < 4.78 is 0. The Morgan fingerprint density at radius 3 is 2.85 bits per heavy atom. The lowest BCUT2D eigenvalue weighted by Gasteiger charge is -2.25. The molecule has 0 aromatic heterocycles. The summed E-state index contributed by atoms with van der Waals surface area (Å²) in [5.74, 6) is 0.518. The van der Waals surface area contributed by atoms with E-state index in [-0.39, 0.29) is 5.41 Å². The third kappa shape index (κ3) is 2.06. The number of nitriles is 1. The summed E-state index contributed by atoms with van der Waals surface area (Å²) >= 11 is 5.63. The molecular weight excluding hydrogens is 182 g/mol. The minimum Gasteiger partial charge on any atom is -0.198 e. The summed E-state index contributed by atoms with van der Waals surface area (Å²) in [5.41, 5.74) is 2.59. The topological polar surface area (TPSA) is 23.8 Å². The standard InChI is InChI=1S/C11H16ClN/c1-9(7-12)6-11(8-13)5-3-4-10(11)2/h7,10H,3-6H2,1-2H3/b9-7+. The molecule has 1 nitrogen and oxygen atoms in total. The molecule has 0 bridgehead atoms. The van der Waals surface area contributed by atoms with Gasteiger partial charge in [0.1, 0.15) is 0 Å². The molecule has 0 aliphatic heterocycles. The predicted molar refractivity (Wildman–Crippen MR) is 55.3 cm³/mol. The number of nitrogens with zero attached hydrogens (tertiary/aromatic N) is 1. The van der Waals surface area contributed by atoms with Gasteiger partial charge < -0.3 is 0 Å². The van der Waals surface area contributed by atoms with E-state index in [1.807, 2.05) is 6.92 Å². The average molecular weight is 198 g/mol. The minimum atomic E-state index is -0.129. The summed E-state index contributed by atoms with van der Waals surface area (Å²) in [7, 11) is 0. The van der Waals surface area contributed by atoms with Gasteiger partial charge in [0, 0.05) is 5.54 Å². The Morgan fingerprint density at radius 1 is 1.77 bits per heavy atom. The fourth-order valence-electron chi connectivity index (χ4n) is 2.25. The van der Waals surface area contributed by atoms with Gasteiger partial charge in [-0.1, -0.05) is 30.5 Å². The van der Waals surface area contributed by atoms with Gasteiger partial charge in [-0.05, 0) is 32.1 Å². The molecule has 13 heavy (non-hydrogen) atoms. The molecule has 1 aliphatic rings. The van der Waals surface area contributed by atoms with Crippen LogP contribution in [0.4, 0.5) is 0 Å². The molecule has 1 saturated carbocycles. The van der Waals surface area contributed by atoms with E-state index in [9.17, 15) is 5.26 Å². The molecule has 1 rings (SSSR count). The van der Waals surface area contributed by atoms with Crippen LogP contribution in [0.15, 0.2) is 11.1 Å². The zero-order chi connectivity index (χ0) is 9.90. The Balaban J connectivity index is 2.77. The third-order valence-corrected chi connectivity index (χ3v) is 3.58. The second kappa shape index (κ2) is 4.15. The van der Waals surface area contributed by atoms with E-state index in [0.717, 1.165) is 18.4 Å². The summed E-state index contributed by atoms with van der Waals surface area (Å²) in [5, 5.41) is 9.21. The van der Waals surface area contributed by atoms with Crippen molar-refractivity contribution in [1.29, 1.82) is 5.26 Å². The van der Waals surface area contributed by atoms with Crippen LogP contribution in [0.3, 0.4) is 0 Å². The highest BCUT2D eigenvalue weighted by Crippen LogP contribution is 2.46. The lowest BCUT2D eigenvalue weighted by atomic mass is 9.76. The lowest BCUT2D eigenvalue weighted by Crippen LogP contribution is -2.21. The zero-order valence-corrected chi connectivity index (χ0v) is 9.06. The highest BCUT2D eigenvalue weighted by molar-refractivity contribution is 6.25. The van der Waals surface area contributed by atoms with Gasteiger partial charge in [-0.25, -0.2) is 0 Å². The molecule has 1 aliphatic carbocycles. The Hall–Kier alpha value is -0.480. The molecule has 0 aromatic carbocycles. The average Bonchev–Trinajstić information content (AvgIpc) is 2.48. The van der Waals surface area contributed by atoms with E-state index >= 15 is 0 Å². The fraction of sp³-hybridized carbons (Fsp3) is 0.727. The number of hydrogen-bond acceptors (Lipinski definition) is 1. The maximum atomic E-state index is 9.21. The van der Waals surface area contributed by atoms with Crippen LogP contribution in [0.2, 0.25) is 0 Å². The van der Waals surface area contributed by atoms with E-state index < -0.39 is 0 Å². The van der Waals surface area contributed by atoms with Crippen LogP contribution >= 0.6 is 11.6 Å². The largest absolute Gasteiger partial charge is 0.198 e. The van der Waals surface area contributed by atoms with E-state index in [0.29, 0.717) is 5.92 Å². The predicted octanol–water partition coefficient (Wildman–Crippen LogP) is 3.85. The molecule has 2 unspecified atom stereocenters. The van der Waals surface area contributed by atoms with Gasteiger partial charge in [0.15, 0.2) is 0 Å². The SMILES string of the molecule is C/C(=C\Cl)CC1(C#N)CCCC1C. The minimum absolute atomic E-state index is 0.129. The van der Waals surface area contributed by atoms with Crippen LogP contribution in [0.1, 0.15) is 39.5 Å². The summed E-state index contributed by atoms with van der Waals surface area (Å²) in [6, 6.07) is 2.49. The highest BCUT2D eigenvalue weighted by atomic mass is 35.5. The Morgan fingerprint density at radius 2 is 2.46 bits per heavy atom. The van der Waals surface area contributed by atoms with E-state index in [1.165, 1.54) is 12.8 Å². The first-order valence-corrected chi connectivity index (χ1v) is 5.25. The van der Waals surface area contributed by atoms with Gasteiger partial charge in [0.05, 0.1) is 11.5 Å². The molecule has 2 heteroatoms. The van der Waals surface area contributed by atoms with Gasteiger partial charge >= 0.3 is 0 Å². The second-order valence-corrected chi connectivity index (χ2v) is 4.41. The molecule has 2 atom stereocenters. The quantitative estimate of drug-likeness (QED) is 0.660. The molecule has 0 heterocycles. The lowest BCUT2D eigenvalue weighted by molar-refractivity contribution is 0.304. The third-order valence-electron chi connectivity index (χ3n) is 3.21. The van der Waals surface area contributed by atoms with Crippen LogP contribution in [-0.4, -0.2) is 0 Å². The molecule has 0 spiro atoms. The van der Waals surface area contributed by atoms with Crippen molar-refractivity contribution >= 4 is 11.6 Å². The molecule has 0 amide bonds. The first-order chi connectivity index (χ1) is 6.14. The van der Waals surface area contributed by atoms with Gasteiger partial charge in [-0.15, -0.1) is 0 Å². The molecule has 1 fully saturated rings. The Labute approximate surface area is 85.4 Å². The van der Waals surface area contributed by atoms with E-state index in [1.54, 1.807) is 5.54 Å². The number of halogens is 1. The monoisotopic (exact) mass is 197 g/mol. The molecule has 0 N–H and O–H groups in total. The zero-order valence-electron chi connectivity index (χ0n) is 8.31. The summed E-state index contributed by atoms with van der Waals surface area (Å²) in [6.07, 6.45) is 4.24. The van der Waals surface area contributed by atoms with Crippen molar-refractivity contribution in [3.63, 3.8) is 0 Å². The first-order valence-electron chi connectivity index (χ1n) is 4.82. The first kappa shape index (κ1) is 10.6. The van der Waals surface area contributed by atoms with Crippen molar-refractivity contribution in [1.82, 2.24) is 0 Å². The van der Waals surface area contributed by atoms with Crippen LogP contribution < -0.4 is 0 Å². The maximum Gasteiger partial charge on any atom is 0.0695 e. The van der Waals surface area contributed by atoms with Crippen LogP contribution in [0.5, 0.6) is 0 Å². The normalized spacial score (nSPS) is 34.6. The Bertz CT molecular complexity index is 251. The van der Waals surface area contributed by atoms with Crippen molar-refractivity contribution < 1.29 is 0 Å². The Kier molecular flexibility index (Phi) is 3.39. The number of allylic oxidation sites excluding steroid dienone is 1. The van der Waals surface area contributed by atoms with Crippen molar-refractivity contribution in [2.45, 2.75) is 39.5 Å². The van der Waals surface area contributed by atoms with E-state index in [2.05, 4.69) is 13.0 Å².